The van der Waals surface area contributed by atoms with Gasteiger partial charge in [-0.1, -0.05) is 0 Å². The van der Waals surface area contributed by atoms with Crippen molar-refractivity contribution in [3.8, 4) is 0 Å². The molecule has 0 aromatic heterocycles. The number of cyclic esters (lactones) is 1. The molecule has 1 fully saturated rings. The zero-order valence-corrected chi connectivity index (χ0v) is 9.47. The lowest BCUT2D eigenvalue weighted by molar-refractivity contribution is -0.137. The number of rotatable bonds is 1. The van der Waals surface area contributed by atoms with Crippen molar-refractivity contribution in [3.05, 3.63) is 23.6 Å². The smallest absolute Gasteiger partial charge is 0.348 e. The van der Waals surface area contributed by atoms with Crippen LogP contribution in [0.1, 0.15) is 6.92 Å². The lowest BCUT2D eigenvalue weighted by Gasteiger charge is -2.15. The summed E-state index contributed by atoms with van der Waals surface area (Å²) in [5, 5.41) is 3.44. The summed E-state index contributed by atoms with van der Waals surface area (Å²) in [6.45, 7) is 2.92. The Morgan fingerprint density at radius 1 is 1.56 bits per heavy atom. The van der Waals surface area contributed by atoms with Crippen molar-refractivity contribution in [3.63, 3.8) is 0 Å². The molecule has 2 rings (SSSR count). The Hall–Kier alpha value is -1.69. The van der Waals surface area contributed by atoms with Crippen molar-refractivity contribution >= 4 is 29.1 Å². The third-order valence-corrected chi connectivity index (χ3v) is 2.63. The molecule has 2 aliphatic heterocycles. The van der Waals surface area contributed by atoms with Crippen LogP contribution in [0.25, 0.3) is 0 Å². The normalized spacial score (nSPS) is 23.3. The average molecular weight is 238 g/mol. The molecule has 2 aliphatic rings. The Bertz CT molecular complexity index is 439. The van der Waals surface area contributed by atoms with Gasteiger partial charge in [-0.25, -0.2) is 4.79 Å². The highest BCUT2D eigenvalue weighted by atomic mass is 32.1. The van der Waals surface area contributed by atoms with Crippen LogP contribution >= 0.6 is 12.2 Å². The lowest BCUT2D eigenvalue weighted by Crippen LogP contribution is -2.27. The van der Waals surface area contributed by atoms with E-state index in [4.69, 9.17) is 17.0 Å². The summed E-state index contributed by atoms with van der Waals surface area (Å²) in [7, 11) is 0. The van der Waals surface area contributed by atoms with Gasteiger partial charge >= 0.3 is 5.97 Å². The van der Waals surface area contributed by atoms with Crippen LogP contribution in [0.15, 0.2) is 23.6 Å². The molecule has 84 valence electrons. The molecule has 0 radical (unpaired) electrons. The van der Waals surface area contributed by atoms with E-state index in [0.717, 1.165) is 0 Å². The first-order valence-corrected chi connectivity index (χ1v) is 5.20. The number of nitrogens with zero attached hydrogens (tertiary/aromatic N) is 1. The zero-order valence-electron chi connectivity index (χ0n) is 8.65. The summed E-state index contributed by atoms with van der Waals surface area (Å²) < 4.78 is 4.86. The van der Waals surface area contributed by atoms with Crippen LogP contribution in [-0.4, -0.2) is 34.9 Å². The van der Waals surface area contributed by atoms with Crippen molar-refractivity contribution in [2.24, 2.45) is 0 Å². The van der Waals surface area contributed by atoms with Gasteiger partial charge in [-0.05, 0) is 19.1 Å². The molecule has 1 saturated heterocycles. The molecular weight excluding hydrogens is 228 g/mol. The third kappa shape index (κ3) is 1.96. The molecule has 0 unspecified atom stereocenters. The first kappa shape index (κ1) is 10.8. The molecule has 0 bridgehead atoms. The molecule has 0 amide bonds. The molecule has 0 atom stereocenters. The van der Waals surface area contributed by atoms with Gasteiger partial charge in [0.25, 0.3) is 0 Å². The van der Waals surface area contributed by atoms with E-state index in [9.17, 15) is 9.59 Å². The van der Waals surface area contributed by atoms with Gasteiger partial charge in [0.1, 0.15) is 11.3 Å². The fourth-order valence-electron chi connectivity index (χ4n) is 1.48. The van der Waals surface area contributed by atoms with Crippen LogP contribution in [0, 0.1) is 0 Å². The Labute approximate surface area is 97.7 Å². The van der Waals surface area contributed by atoms with E-state index >= 15 is 0 Å². The second-order valence-electron chi connectivity index (χ2n) is 3.48. The van der Waals surface area contributed by atoms with Gasteiger partial charge in [0.2, 0.25) is 0 Å². The first-order chi connectivity index (χ1) is 7.58. The predicted molar refractivity (Wildman–Crippen MR) is 60.2 cm³/mol. The number of hydrogen-bond donors (Lipinski definition) is 1. The van der Waals surface area contributed by atoms with E-state index < -0.39 is 5.97 Å². The fraction of sp³-hybridized carbons (Fsp3) is 0.300. The summed E-state index contributed by atoms with van der Waals surface area (Å²) in [5.41, 5.74) is 0.0108. The van der Waals surface area contributed by atoms with Crippen LogP contribution < -0.4 is 5.32 Å². The Balaban J connectivity index is 2.26. The minimum atomic E-state index is -0.625. The van der Waals surface area contributed by atoms with Gasteiger partial charge in [-0.2, -0.15) is 0 Å². The van der Waals surface area contributed by atoms with E-state index in [1.807, 2.05) is 0 Å². The number of thiocarbonyl (C=S) groups is 1. The standard InChI is InChI=1S/C10H10N2O3S/c1-6-4-8(13)7(9(14)15-6)5-12-3-2-11-10(12)16/h4-5H,2-3H2,1H3,(H,11,16)/b7-5-. The average Bonchev–Trinajstić information content (AvgIpc) is 2.57. The summed E-state index contributed by atoms with van der Waals surface area (Å²) in [6, 6.07) is 0. The summed E-state index contributed by atoms with van der Waals surface area (Å²) in [5.74, 6) is -0.655. The topological polar surface area (TPSA) is 58.6 Å². The van der Waals surface area contributed by atoms with E-state index in [-0.39, 0.29) is 11.4 Å². The molecule has 16 heavy (non-hydrogen) atoms. The van der Waals surface area contributed by atoms with Crippen LogP contribution in [0.4, 0.5) is 0 Å². The van der Waals surface area contributed by atoms with Crippen LogP contribution in [0.3, 0.4) is 0 Å². The number of allylic oxidation sites excluding steroid dienone is 2. The van der Waals surface area contributed by atoms with Gasteiger partial charge in [-0.3, -0.25) is 4.79 Å². The lowest BCUT2D eigenvalue weighted by atomic mass is 10.1. The van der Waals surface area contributed by atoms with Gasteiger partial charge in [0.05, 0.1) is 0 Å². The molecule has 0 aromatic carbocycles. The Morgan fingerprint density at radius 3 is 2.88 bits per heavy atom. The highest BCUT2D eigenvalue weighted by Gasteiger charge is 2.26. The van der Waals surface area contributed by atoms with Gasteiger partial charge in [-0.15, -0.1) is 0 Å². The minimum Gasteiger partial charge on any atom is -0.427 e. The van der Waals surface area contributed by atoms with Gasteiger partial charge in [0, 0.05) is 25.4 Å². The van der Waals surface area contributed by atoms with Crippen molar-refractivity contribution in [1.82, 2.24) is 10.2 Å². The monoisotopic (exact) mass is 238 g/mol. The van der Waals surface area contributed by atoms with E-state index in [2.05, 4.69) is 5.32 Å². The number of ketones is 1. The molecule has 2 heterocycles. The number of carbonyl (C=O) groups excluding carboxylic acids is 2. The molecule has 5 nitrogen and oxygen atoms in total. The second kappa shape index (κ2) is 4.05. The number of hydrogen-bond acceptors (Lipinski definition) is 4. The van der Waals surface area contributed by atoms with Gasteiger partial charge < -0.3 is 15.0 Å². The fourth-order valence-corrected chi connectivity index (χ4v) is 1.72. The number of esters is 1. The van der Waals surface area contributed by atoms with E-state index in [1.54, 1.807) is 11.8 Å². The first-order valence-electron chi connectivity index (χ1n) is 4.79. The largest absolute Gasteiger partial charge is 0.427 e. The van der Waals surface area contributed by atoms with Gasteiger partial charge in [0.15, 0.2) is 10.9 Å². The molecular formula is C10H10N2O3S. The summed E-state index contributed by atoms with van der Waals surface area (Å²) in [6.07, 6.45) is 2.73. The van der Waals surface area contributed by atoms with Crippen LogP contribution in [0.2, 0.25) is 0 Å². The maximum atomic E-state index is 11.6. The molecule has 1 N–H and O–H groups in total. The highest BCUT2D eigenvalue weighted by Crippen LogP contribution is 2.15. The SMILES string of the molecule is CC1=CC(=O)/C(=C/N2CCNC2=S)C(=O)O1. The second-order valence-corrected chi connectivity index (χ2v) is 3.86. The number of nitrogens with one attached hydrogen (secondary N) is 1. The summed E-state index contributed by atoms with van der Waals surface area (Å²) >= 11 is 5.00. The summed E-state index contributed by atoms with van der Waals surface area (Å²) in [4.78, 5) is 24.7. The zero-order chi connectivity index (χ0) is 11.7. The Morgan fingerprint density at radius 2 is 2.31 bits per heavy atom. The molecule has 0 spiro atoms. The molecule has 0 aliphatic carbocycles. The highest BCUT2D eigenvalue weighted by molar-refractivity contribution is 7.80. The number of ether oxygens (including phenoxy) is 1. The van der Waals surface area contributed by atoms with Crippen molar-refractivity contribution in [1.29, 1.82) is 0 Å². The maximum absolute atomic E-state index is 11.6. The molecule has 0 saturated carbocycles. The van der Waals surface area contributed by atoms with Crippen molar-refractivity contribution in [2.75, 3.05) is 13.1 Å². The van der Waals surface area contributed by atoms with E-state index in [1.165, 1.54) is 12.3 Å². The predicted octanol–water partition coefficient (Wildman–Crippen LogP) is 0.0901. The Kier molecular flexibility index (Phi) is 2.74. The molecule has 6 heteroatoms. The number of carbonyl (C=O) groups is 2. The quantitative estimate of drug-likeness (QED) is 0.302. The van der Waals surface area contributed by atoms with Crippen molar-refractivity contribution < 1.29 is 14.3 Å². The minimum absolute atomic E-state index is 0.0108. The van der Waals surface area contributed by atoms with E-state index in [0.29, 0.717) is 24.0 Å². The van der Waals surface area contributed by atoms with Crippen molar-refractivity contribution in [2.45, 2.75) is 6.92 Å². The van der Waals surface area contributed by atoms with Crippen LogP contribution in [0.5, 0.6) is 0 Å². The third-order valence-electron chi connectivity index (χ3n) is 2.25. The maximum Gasteiger partial charge on any atom is 0.348 e. The molecule has 0 aromatic rings. The van der Waals surface area contributed by atoms with Crippen LogP contribution in [-0.2, 0) is 14.3 Å².